The van der Waals surface area contributed by atoms with Crippen molar-refractivity contribution < 1.29 is 50.4 Å². The van der Waals surface area contributed by atoms with Crippen LogP contribution >= 0.6 is 0 Å². The first-order valence-corrected chi connectivity index (χ1v) is 5.90. The molecule has 2 N–H and O–H groups in total. The van der Waals surface area contributed by atoms with E-state index in [0.29, 0.717) is 5.69 Å². The second kappa shape index (κ2) is 8.24. The van der Waals surface area contributed by atoms with Gasteiger partial charge in [0.05, 0.1) is 0 Å². The molecular formula is C13H19N2NaO4. The predicted octanol–water partition coefficient (Wildman–Crippen LogP) is -1.28. The molecule has 1 aromatic rings. The summed E-state index contributed by atoms with van der Waals surface area (Å²) in [4.78, 5) is 26.7. The Hall–Kier alpha value is -1.11. The molecule has 0 aliphatic heterocycles. The van der Waals surface area contributed by atoms with Crippen LogP contribution in [0.25, 0.3) is 0 Å². The van der Waals surface area contributed by atoms with E-state index in [9.17, 15) is 9.59 Å². The number of rotatable bonds is 4. The van der Waals surface area contributed by atoms with Crippen LogP contribution in [0.2, 0.25) is 0 Å². The summed E-state index contributed by atoms with van der Waals surface area (Å²) in [5.41, 5.74) is -0.0797. The fourth-order valence-corrected chi connectivity index (χ4v) is 1.38. The number of aromatic nitrogens is 1. The molecular weight excluding hydrogens is 271 g/mol. The van der Waals surface area contributed by atoms with Crippen LogP contribution in [0.15, 0.2) is 24.4 Å². The van der Waals surface area contributed by atoms with E-state index in [2.05, 4.69) is 10.3 Å². The van der Waals surface area contributed by atoms with E-state index in [1.165, 1.54) is 0 Å². The molecule has 0 saturated carbocycles. The summed E-state index contributed by atoms with van der Waals surface area (Å²) in [6.45, 7) is 5.13. The number of carboxylic acid groups (broad SMARTS) is 1. The number of aliphatic carboxylic acids is 1. The van der Waals surface area contributed by atoms with Gasteiger partial charge in [-0.05, 0) is 32.9 Å². The number of carbonyl (C=O) groups is 2. The fourth-order valence-electron chi connectivity index (χ4n) is 1.38. The Balaban J connectivity index is 0. The molecule has 1 aromatic heterocycles. The Morgan fingerprint density at radius 1 is 1.45 bits per heavy atom. The first-order valence-electron chi connectivity index (χ1n) is 5.90. The van der Waals surface area contributed by atoms with Gasteiger partial charge < -0.3 is 16.6 Å². The average Bonchev–Trinajstić information content (AvgIpc) is 2.26. The van der Waals surface area contributed by atoms with Crippen molar-refractivity contribution in [3.05, 3.63) is 30.1 Å². The van der Waals surface area contributed by atoms with Crippen molar-refractivity contribution >= 4 is 12.1 Å². The van der Waals surface area contributed by atoms with Crippen LogP contribution < -0.4 is 34.9 Å². The van der Waals surface area contributed by atoms with Gasteiger partial charge in [0.2, 0.25) is 0 Å². The number of carboxylic acids is 1. The standard InChI is InChI=1S/C13H18N2O4.Na.H/c1-13(2,3)19-12(18)15-10(11(16)17)8-9-6-4-5-7-14-9;;/h4-7,10H,8H2,1-3H3,(H,15,18)(H,16,17);;/q;+1;-1/t10-;;/m0../s1. The zero-order chi connectivity index (χ0) is 14.5. The fraction of sp³-hybridized carbons (Fsp3) is 0.462. The van der Waals surface area contributed by atoms with Gasteiger partial charge in [0, 0.05) is 18.3 Å². The Morgan fingerprint density at radius 2 is 2.10 bits per heavy atom. The Bertz CT molecular complexity index is 451. The predicted molar refractivity (Wildman–Crippen MR) is 69.8 cm³/mol. The molecule has 0 spiro atoms. The maximum atomic E-state index is 11.5. The molecule has 0 unspecified atom stereocenters. The second-order valence-corrected chi connectivity index (χ2v) is 5.06. The molecule has 0 aliphatic rings. The molecule has 1 atom stereocenters. The van der Waals surface area contributed by atoms with Gasteiger partial charge in [0.15, 0.2) is 0 Å². The smallest absolute Gasteiger partial charge is 1.00 e. The number of alkyl carbamates (subject to hydrolysis) is 1. The van der Waals surface area contributed by atoms with E-state index in [4.69, 9.17) is 9.84 Å². The van der Waals surface area contributed by atoms with Gasteiger partial charge in [-0.15, -0.1) is 0 Å². The Kier molecular flexibility index (Phi) is 7.78. The van der Waals surface area contributed by atoms with Gasteiger partial charge in [-0.2, -0.15) is 0 Å². The first kappa shape index (κ1) is 18.9. The van der Waals surface area contributed by atoms with Crippen molar-refractivity contribution in [2.45, 2.75) is 38.8 Å². The van der Waals surface area contributed by atoms with Crippen LogP contribution in [0.1, 0.15) is 27.9 Å². The molecule has 0 bridgehead atoms. The Morgan fingerprint density at radius 3 is 2.55 bits per heavy atom. The zero-order valence-electron chi connectivity index (χ0n) is 13.2. The monoisotopic (exact) mass is 290 g/mol. The van der Waals surface area contributed by atoms with Crippen LogP contribution in [0.4, 0.5) is 4.79 Å². The third-order valence-electron chi connectivity index (χ3n) is 2.13. The molecule has 0 saturated heterocycles. The summed E-state index contributed by atoms with van der Waals surface area (Å²) in [5.74, 6) is -1.13. The molecule has 7 heteroatoms. The topological polar surface area (TPSA) is 88.5 Å². The summed E-state index contributed by atoms with van der Waals surface area (Å²) >= 11 is 0. The van der Waals surface area contributed by atoms with Gasteiger partial charge in [-0.1, -0.05) is 6.07 Å². The summed E-state index contributed by atoms with van der Waals surface area (Å²) in [6, 6.07) is 4.13. The number of amides is 1. The van der Waals surface area contributed by atoms with Gasteiger partial charge >= 0.3 is 41.6 Å². The quantitative estimate of drug-likeness (QED) is 0.674. The van der Waals surface area contributed by atoms with Crippen molar-refractivity contribution in [1.29, 1.82) is 0 Å². The normalized spacial score (nSPS) is 11.9. The number of hydrogen-bond donors (Lipinski definition) is 2. The van der Waals surface area contributed by atoms with E-state index in [0.717, 1.165) is 0 Å². The van der Waals surface area contributed by atoms with Gasteiger partial charge in [0.1, 0.15) is 11.6 Å². The van der Waals surface area contributed by atoms with E-state index in [1.54, 1.807) is 45.2 Å². The minimum Gasteiger partial charge on any atom is -1.00 e. The van der Waals surface area contributed by atoms with Crippen molar-refractivity contribution in [2.24, 2.45) is 0 Å². The molecule has 0 fully saturated rings. The Labute approximate surface area is 141 Å². The van der Waals surface area contributed by atoms with Crippen LogP contribution in [-0.4, -0.2) is 33.8 Å². The SMILES string of the molecule is CC(C)(C)OC(=O)N[C@@H](Cc1ccccn1)C(=O)O.[H-].[Na+]. The summed E-state index contributed by atoms with van der Waals surface area (Å²) in [5, 5.41) is 11.4. The maximum absolute atomic E-state index is 11.5. The van der Waals surface area contributed by atoms with Crippen LogP contribution in [0.5, 0.6) is 0 Å². The molecule has 0 radical (unpaired) electrons. The van der Waals surface area contributed by atoms with Crippen molar-refractivity contribution in [3.63, 3.8) is 0 Å². The number of carbonyl (C=O) groups excluding carboxylic acids is 1. The van der Waals surface area contributed by atoms with Gasteiger partial charge in [0.25, 0.3) is 0 Å². The molecule has 0 aliphatic carbocycles. The number of nitrogens with one attached hydrogen (secondary N) is 1. The van der Waals surface area contributed by atoms with Crippen LogP contribution in [0, 0.1) is 0 Å². The van der Waals surface area contributed by atoms with Gasteiger partial charge in [-0.25, -0.2) is 9.59 Å². The maximum Gasteiger partial charge on any atom is 1.00 e. The molecule has 1 heterocycles. The first-order chi connectivity index (χ1) is 8.78. The van der Waals surface area contributed by atoms with Crippen LogP contribution in [-0.2, 0) is 16.0 Å². The van der Waals surface area contributed by atoms with Crippen molar-refractivity contribution in [3.8, 4) is 0 Å². The molecule has 106 valence electrons. The number of ether oxygens (including phenoxy) is 1. The number of pyridine rings is 1. The summed E-state index contributed by atoms with van der Waals surface area (Å²) < 4.78 is 5.02. The van der Waals surface area contributed by atoms with Crippen LogP contribution in [0.3, 0.4) is 0 Å². The second-order valence-electron chi connectivity index (χ2n) is 5.06. The van der Waals surface area contributed by atoms with E-state index in [1.807, 2.05) is 0 Å². The van der Waals surface area contributed by atoms with E-state index in [-0.39, 0.29) is 37.4 Å². The third kappa shape index (κ3) is 7.47. The minimum absolute atomic E-state index is 0. The van der Waals surface area contributed by atoms with Crippen molar-refractivity contribution in [2.75, 3.05) is 0 Å². The van der Waals surface area contributed by atoms with E-state index < -0.39 is 23.7 Å². The number of hydrogen-bond acceptors (Lipinski definition) is 4. The summed E-state index contributed by atoms with van der Waals surface area (Å²) in [6.07, 6.45) is 0.924. The van der Waals surface area contributed by atoms with Gasteiger partial charge in [-0.3, -0.25) is 4.98 Å². The average molecular weight is 290 g/mol. The molecule has 1 rings (SSSR count). The van der Waals surface area contributed by atoms with Crippen molar-refractivity contribution in [1.82, 2.24) is 10.3 Å². The molecule has 6 nitrogen and oxygen atoms in total. The zero-order valence-corrected chi connectivity index (χ0v) is 14.2. The van der Waals surface area contributed by atoms with E-state index >= 15 is 0 Å². The molecule has 0 aromatic carbocycles. The summed E-state index contributed by atoms with van der Waals surface area (Å²) in [7, 11) is 0. The largest absolute Gasteiger partial charge is 1.00 e. The molecule has 20 heavy (non-hydrogen) atoms. The molecule has 1 amide bonds. The third-order valence-corrected chi connectivity index (χ3v) is 2.13. The number of nitrogens with zero attached hydrogens (tertiary/aromatic N) is 1. The minimum atomic E-state index is -1.13.